The Morgan fingerprint density at radius 1 is 1.53 bits per heavy atom. The van der Waals surface area contributed by atoms with Gasteiger partial charge in [-0.05, 0) is 20.8 Å². The SMILES string of the molecule is Cc1ncsc1[C@H]1OC(C)(C)O[C@@H]1CO. The van der Waals surface area contributed by atoms with E-state index in [1.54, 1.807) is 5.51 Å². The topological polar surface area (TPSA) is 51.6 Å². The molecule has 2 atom stereocenters. The number of aliphatic hydroxyl groups excluding tert-OH is 1. The molecule has 1 aromatic heterocycles. The van der Waals surface area contributed by atoms with Crippen LogP contribution in [0.4, 0.5) is 0 Å². The predicted molar refractivity (Wildman–Crippen MR) is 56.7 cm³/mol. The van der Waals surface area contributed by atoms with Crippen molar-refractivity contribution in [3.8, 4) is 0 Å². The number of rotatable bonds is 2. The van der Waals surface area contributed by atoms with Crippen molar-refractivity contribution in [2.75, 3.05) is 6.61 Å². The van der Waals surface area contributed by atoms with Gasteiger partial charge in [0.05, 0.1) is 22.7 Å². The molecule has 0 aliphatic carbocycles. The van der Waals surface area contributed by atoms with Gasteiger partial charge in [0.1, 0.15) is 12.2 Å². The van der Waals surface area contributed by atoms with E-state index in [0.717, 1.165) is 10.6 Å². The Morgan fingerprint density at radius 2 is 2.27 bits per heavy atom. The van der Waals surface area contributed by atoms with E-state index in [2.05, 4.69) is 4.98 Å². The number of aliphatic hydroxyl groups is 1. The first-order chi connectivity index (χ1) is 7.03. The smallest absolute Gasteiger partial charge is 0.164 e. The third kappa shape index (κ3) is 2.06. The Bertz CT molecular complexity index is 350. The van der Waals surface area contributed by atoms with Crippen molar-refractivity contribution in [2.24, 2.45) is 0 Å². The van der Waals surface area contributed by atoms with Crippen LogP contribution < -0.4 is 0 Å². The van der Waals surface area contributed by atoms with Gasteiger partial charge in [-0.3, -0.25) is 0 Å². The molecule has 0 radical (unpaired) electrons. The van der Waals surface area contributed by atoms with Gasteiger partial charge in [0.25, 0.3) is 0 Å². The molecule has 0 saturated carbocycles. The summed E-state index contributed by atoms with van der Waals surface area (Å²) in [5.74, 6) is -0.630. The van der Waals surface area contributed by atoms with Crippen molar-refractivity contribution in [3.05, 3.63) is 16.1 Å². The number of nitrogens with zero attached hydrogens (tertiary/aromatic N) is 1. The molecule has 15 heavy (non-hydrogen) atoms. The molecule has 1 fully saturated rings. The summed E-state index contributed by atoms with van der Waals surface area (Å²) in [7, 11) is 0. The Hall–Kier alpha value is -0.490. The maximum Gasteiger partial charge on any atom is 0.164 e. The minimum Gasteiger partial charge on any atom is -0.394 e. The van der Waals surface area contributed by atoms with E-state index in [1.807, 2.05) is 20.8 Å². The number of thiazole rings is 1. The first-order valence-corrected chi connectivity index (χ1v) is 5.78. The van der Waals surface area contributed by atoms with Crippen LogP contribution in [-0.4, -0.2) is 28.6 Å². The maximum atomic E-state index is 9.24. The first-order valence-electron chi connectivity index (χ1n) is 4.90. The fourth-order valence-electron chi connectivity index (χ4n) is 1.78. The highest BCUT2D eigenvalue weighted by atomic mass is 32.1. The second-order valence-corrected chi connectivity index (χ2v) is 4.97. The third-order valence-corrected chi connectivity index (χ3v) is 3.40. The molecule has 1 aliphatic heterocycles. The van der Waals surface area contributed by atoms with E-state index in [1.165, 1.54) is 11.3 Å². The zero-order valence-electron chi connectivity index (χ0n) is 9.06. The molecule has 1 aromatic rings. The Balaban J connectivity index is 2.26. The van der Waals surface area contributed by atoms with Gasteiger partial charge in [-0.1, -0.05) is 0 Å². The molecule has 0 bridgehead atoms. The second-order valence-electron chi connectivity index (χ2n) is 4.08. The van der Waals surface area contributed by atoms with Crippen molar-refractivity contribution >= 4 is 11.3 Å². The molecule has 4 nitrogen and oxygen atoms in total. The summed E-state index contributed by atoms with van der Waals surface area (Å²) in [4.78, 5) is 5.22. The van der Waals surface area contributed by atoms with Crippen LogP contribution in [0.5, 0.6) is 0 Å². The molecule has 1 N–H and O–H groups in total. The molecule has 2 heterocycles. The second kappa shape index (κ2) is 3.83. The van der Waals surface area contributed by atoms with Crippen LogP contribution in [-0.2, 0) is 9.47 Å². The third-order valence-electron chi connectivity index (χ3n) is 2.40. The summed E-state index contributed by atoms with van der Waals surface area (Å²) >= 11 is 1.54. The van der Waals surface area contributed by atoms with E-state index in [-0.39, 0.29) is 18.8 Å². The molecule has 0 unspecified atom stereocenters. The number of aryl methyl sites for hydroxylation is 1. The Kier molecular flexibility index (Phi) is 2.81. The lowest BCUT2D eigenvalue weighted by Gasteiger charge is -2.16. The van der Waals surface area contributed by atoms with Gasteiger partial charge in [0.2, 0.25) is 0 Å². The molecule has 0 spiro atoms. The molecule has 1 saturated heterocycles. The fourth-order valence-corrected chi connectivity index (χ4v) is 2.66. The maximum absolute atomic E-state index is 9.24. The standard InChI is InChI=1S/C10H15NO3S/c1-6-9(15-5-11-6)8-7(4-12)13-10(2,3)14-8/h5,7-8,12H,4H2,1-3H3/t7-,8+/m1/s1. The van der Waals surface area contributed by atoms with Gasteiger partial charge in [-0.15, -0.1) is 11.3 Å². The lowest BCUT2D eigenvalue weighted by molar-refractivity contribution is -0.149. The fraction of sp³-hybridized carbons (Fsp3) is 0.700. The number of ether oxygens (including phenoxy) is 2. The van der Waals surface area contributed by atoms with Gasteiger partial charge in [0, 0.05) is 0 Å². The van der Waals surface area contributed by atoms with Crippen LogP contribution in [0.2, 0.25) is 0 Å². The predicted octanol–water partition coefficient (Wildman–Crippen LogP) is 1.64. The minimum atomic E-state index is -0.630. The van der Waals surface area contributed by atoms with E-state index in [9.17, 15) is 5.11 Å². The highest BCUT2D eigenvalue weighted by molar-refractivity contribution is 7.09. The summed E-state index contributed by atoms with van der Waals surface area (Å²) in [5.41, 5.74) is 2.73. The molecule has 84 valence electrons. The molecule has 0 amide bonds. The average Bonchev–Trinajstić information content (AvgIpc) is 2.68. The number of hydrogen-bond acceptors (Lipinski definition) is 5. The molecule has 5 heteroatoms. The highest BCUT2D eigenvalue weighted by Gasteiger charge is 2.42. The summed E-state index contributed by atoms with van der Waals surface area (Å²) in [6.45, 7) is 5.61. The van der Waals surface area contributed by atoms with Crippen LogP contribution in [0.1, 0.15) is 30.5 Å². The number of hydrogen-bond donors (Lipinski definition) is 1. The monoisotopic (exact) mass is 229 g/mol. The lowest BCUT2D eigenvalue weighted by Crippen LogP contribution is -2.23. The first kappa shape index (κ1) is 11.0. The molecular formula is C10H15NO3S. The van der Waals surface area contributed by atoms with E-state index in [0.29, 0.717) is 0 Å². The molecule has 1 aliphatic rings. The van der Waals surface area contributed by atoms with Crippen molar-refractivity contribution in [3.63, 3.8) is 0 Å². The van der Waals surface area contributed by atoms with Gasteiger partial charge < -0.3 is 14.6 Å². The summed E-state index contributed by atoms with van der Waals surface area (Å²) in [6, 6.07) is 0. The summed E-state index contributed by atoms with van der Waals surface area (Å²) in [5, 5.41) is 9.24. The van der Waals surface area contributed by atoms with Gasteiger partial charge in [-0.2, -0.15) is 0 Å². The molecule has 2 rings (SSSR count). The molecule has 0 aromatic carbocycles. The van der Waals surface area contributed by atoms with Crippen molar-refractivity contribution in [1.82, 2.24) is 4.98 Å². The highest BCUT2D eigenvalue weighted by Crippen LogP contribution is 2.40. The van der Waals surface area contributed by atoms with Crippen molar-refractivity contribution in [1.29, 1.82) is 0 Å². The van der Waals surface area contributed by atoms with Crippen LogP contribution in [0.15, 0.2) is 5.51 Å². The summed E-state index contributed by atoms with van der Waals surface area (Å²) in [6.07, 6.45) is -0.489. The van der Waals surface area contributed by atoms with Crippen molar-refractivity contribution in [2.45, 2.75) is 38.8 Å². The zero-order valence-corrected chi connectivity index (χ0v) is 9.87. The van der Waals surface area contributed by atoms with Crippen molar-refractivity contribution < 1.29 is 14.6 Å². The largest absolute Gasteiger partial charge is 0.394 e. The summed E-state index contributed by atoms with van der Waals surface area (Å²) < 4.78 is 11.4. The van der Waals surface area contributed by atoms with Crippen LogP contribution in [0, 0.1) is 6.92 Å². The van der Waals surface area contributed by atoms with Gasteiger partial charge >= 0.3 is 0 Å². The minimum absolute atomic E-state index is 0.0363. The lowest BCUT2D eigenvalue weighted by atomic mass is 10.1. The number of aromatic nitrogens is 1. The molecular weight excluding hydrogens is 214 g/mol. The Labute approximate surface area is 92.9 Å². The van der Waals surface area contributed by atoms with Crippen LogP contribution >= 0.6 is 11.3 Å². The van der Waals surface area contributed by atoms with E-state index in [4.69, 9.17) is 9.47 Å². The van der Waals surface area contributed by atoms with Crippen LogP contribution in [0.3, 0.4) is 0 Å². The average molecular weight is 229 g/mol. The quantitative estimate of drug-likeness (QED) is 0.837. The normalized spacial score (nSPS) is 29.6. The van der Waals surface area contributed by atoms with E-state index >= 15 is 0 Å². The van der Waals surface area contributed by atoms with Gasteiger partial charge in [0.15, 0.2) is 5.79 Å². The zero-order chi connectivity index (χ0) is 11.1. The van der Waals surface area contributed by atoms with E-state index < -0.39 is 5.79 Å². The van der Waals surface area contributed by atoms with Crippen LogP contribution in [0.25, 0.3) is 0 Å². The van der Waals surface area contributed by atoms with Gasteiger partial charge in [-0.25, -0.2) is 4.98 Å². The Morgan fingerprint density at radius 3 is 2.80 bits per heavy atom.